The van der Waals surface area contributed by atoms with E-state index in [1.807, 2.05) is 0 Å². The number of nitrogens with zero attached hydrogens (tertiary/aromatic N) is 4. The third-order valence-corrected chi connectivity index (χ3v) is 3.21. The van der Waals surface area contributed by atoms with E-state index in [9.17, 15) is 22.8 Å². The van der Waals surface area contributed by atoms with Crippen LogP contribution in [0.15, 0.2) is 5.16 Å². The van der Waals surface area contributed by atoms with E-state index in [0.29, 0.717) is 4.68 Å². The molecule has 0 aliphatic carbocycles. The number of amides is 3. The van der Waals surface area contributed by atoms with Crippen molar-refractivity contribution in [2.45, 2.75) is 49.9 Å². The molecule has 1 aromatic rings. The summed E-state index contributed by atoms with van der Waals surface area (Å²) < 4.78 is 37.5. The molecule has 0 unspecified atom stereocenters. The van der Waals surface area contributed by atoms with Crippen molar-refractivity contribution in [1.29, 1.82) is 0 Å². The number of halogens is 3. The Kier molecular flexibility index (Phi) is 6.14. The summed E-state index contributed by atoms with van der Waals surface area (Å²) in [4.78, 5) is 23.1. The highest BCUT2D eigenvalue weighted by Crippen LogP contribution is 2.23. The molecule has 1 heterocycles. The number of carbonyl (C=O) groups excluding carboxylic acids is 2. The second-order valence-electron chi connectivity index (χ2n) is 4.61. The third kappa shape index (κ3) is 6.28. The van der Waals surface area contributed by atoms with Gasteiger partial charge in [0.2, 0.25) is 11.1 Å². The van der Waals surface area contributed by atoms with Gasteiger partial charge in [0.15, 0.2) is 0 Å². The first-order valence-electron chi connectivity index (χ1n) is 6.19. The fourth-order valence-corrected chi connectivity index (χ4v) is 2.06. The standard InChI is InChI=1S/C10H15F3N6O2S/c1-5(2)14-8(21)15-7(20)6(3)22-9-16-17-18-19(9)4-10(11,12)13/h5-6H,4H2,1-3H3,(H2,14,15,20,21)/t6-/m1/s1. The minimum absolute atomic E-state index is 0.158. The summed E-state index contributed by atoms with van der Waals surface area (Å²) >= 11 is 0.721. The maximum Gasteiger partial charge on any atom is 0.408 e. The van der Waals surface area contributed by atoms with Gasteiger partial charge < -0.3 is 5.32 Å². The van der Waals surface area contributed by atoms with Crippen molar-refractivity contribution in [3.05, 3.63) is 0 Å². The molecule has 0 aliphatic heterocycles. The van der Waals surface area contributed by atoms with Crippen molar-refractivity contribution in [2.75, 3.05) is 0 Å². The van der Waals surface area contributed by atoms with E-state index in [1.54, 1.807) is 13.8 Å². The predicted octanol–water partition coefficient (Wildman–Crippen LogP) is 0.950. The first-order chi connectivity index (χ1) is 10.1. The molecule has 0 spiro atoms. The number of aromatic nitrogens is 4. The topological polar surface area (TPSA) is 102 Å². The number of thioether (sulfide) groups is 1. The number of imide groups is 1. The SMILES string of the molecule is CC(C)NC(=O)NC(=O)[C@@H](C)Sc1nnnn1CC(F)(F)F. The van der Waals surface area contributed by atoms with E-state index >= 15 is 0 Å². The van der Waals surface area contributed by atoms with E-state index in [2.05, 4.69) is 26.2 Å². The Morgan fingerprint density at radius 2 is 1.95 bits per heavy atom. The predicted molar refractivity (Wildman–Crippen MR) is 71.0 cm³/mol. The van der Waals surface area contributed by atoms with Crippen molar-refractivity contribution < 1.29 is 22.8 Å². The van der Waals surface area contributed by atoms with Crippen LogP contribution >= 0.6 is 11.8 Å². The monoisotopic (exact) mass is 340 g/mol. The van der Waals surface area contributed by atoms with Crippen LogP contribution in [0.4, 0.5) is 18.0 Å². The highest BCUT2D eigenvalue weighted by molar-refractivity contribution is 8.00. The fourth-order valence-electron chi connectivity index (χ4n) is 1.27. The summed E-state index contributed by atoms with van der Waals surface area (Å²) in [6, 6.07) is -0.836. The zero-order valence-electron chi connectivity index (χ0n) is 12.0. The zero-order valence-corrected chi connectivity index (χ0v) is 12.8. The largest absolute Gasteiger partial charge is 0.408 e. The van der Waals surface area contributed by atoms with Gasteiger partial charge in [-0.05, 0) is 31.2 Å². The lowest BCUT2D eigenvalue weighted by Crippen LogP contribution is -2.45. The van der Waals surface area contributed by atoms with Crippen molar-refractivity contribution in [3.8, 4) is 0 Å². The lowest BCUT2D eigenvalue weighted by Gasteiger charge is -2.13. The Bertz CT molecular complexity index is 533. The van der Waals surface area contributed by atoms with Gasteiger partial charge in [0.25, 0.3) is 0 Å². The molecule has 2 N–H and O–H groups in total. The van der Waals surface area contributed by atoms with Crippen LogP contribution in [0.2, 0.25) is 0 Å². The second kappa shape index (κ2) is 7.42. The molecule has 0 radical (unpaired) electrons. The summed E-state index contributed by atoms with van der Waals surface area (Å²) in [5.41, 5.74) is 0. The van der Waals surface area contributed by atoms with Gasteiger partial charge in [0, 0.05) is 6.04 Å². The lowest BCUT2D eigenvalue weighted by atomic mass is 10.4. The van der Waals surface area contributed by atoms with Gasteiger partial charge >= 0.3 is 12.2 Å². The van der Waals surface area contributed by atoms with E-state index in [1.165, 1.54) is 6.92 Å². The molecule has 0 saturated heterocycles. The van der Waals surface area contributed by atoms with E-state index < -0.39 is 29.9 Å². The van der Waals surface area contributed by atoms with Gasteiger partial charge in [-0.1, -0.05) is 11.8 Å². The number of nitrogens with one attached hydrogen (secondary N) is 2. The van der Waals surface area contributed by atoms with Crippen molar-refractivity contribution in [1.82, 2.24) is 30.8 Å². The van der Waals surface area contributed by atoms with Gasteiger partial charge in [-0.3, -0.25) is 10.1 Å². The van der Waals surface area contributed by atoms with E-state index in [-0.39, 0.29) is 11.2 Å². The summed E-state index contributed by atoms with van der Waals surface area (Å²) in [5.74, 6) is -0.662. The van der Waals surface area contributed by atoms with Crippen LogP contribution in [0.25, 0.3) is 0 Å². The Hall–Kier alpha value is -1.85. The Labute approximate surface area is 128 Å². The fraction of sp³-hybridized carbons (Fsp3) is 0.700. The van der Waals surface area contributed by atoms with Gasteiger partial charge in [-0.25, -0.2) is 9.48 Å². The summed E-state index contributed by atoms with van der Waals surface area (Å²) in [6.07, 6.45) is -4.48. The Morgan fingerprint density at radius 3 is 2.50 bits per heavy atom. The lowest BCUT2D eigenvalue weighted by molar-refractivity contribution is -0.144. The molecule has 0 fully saturated rings. The maximum atomic E-state index is 12.3. The molecular weight excluding hydrogens is 325 g/mol. The van der Waals surface area contributed by atoms with Crippen LogP contribution in [-0.2, 0) is 11.3 Å². The molecule has 22 heavy (non-hydrogen) atoms. The molecule has 3 amide bonds. The van der Waals surface area contributed by atoms with Crippen LogP contribution < -0.4 is 10.6 Å². The molecule has 1 atom stereocenters. The zero-order chi connectivity index (χ0) is 16.9. The minimum Gasteiger partial charge on any atom is -0.336 e. The number of tetrazole rings is 1. The van der Waals surface area contributed by atoms with Crippen LogP contribution in [0.1, 0.15) is 20.8 Å². The number of rotatable bonds is 5. The summed E-state index contributed by atoms with van der Waals surface area (Å²) in [7, 11) is 0. The third-order valence-electron chi connectivity index (χ3n) is 2.14. The Morgan fingerprint density at radius 1 is 1.32 bits per heavy atom. The average molecular weight is 340 g/mol. The van der Waals surface area contributed by atoms with Crippen LogP contribution in [0.3, 0.4) is 0 Å². The molecule has 0 aromatic carbocycles. The van der Waals surface area contributed by atoms with Gasteiger partial charge in [-0.15, -0.1) is 5.10 Å². The van der Waals surface area contributed by atoms with Crippen LogP contribution in [-0.4, -0.2) is 49.6 Å². The molecular formula is C10H15F3N6O2S. The highest BCUT2D eigenvalue weighted by Gasteiger charge is 2.31. The van der Waals surface area contributed by atoms with Crippen molar-refractivity contribution in [2.24, 2.45) is 0 Å². The molecule has 1 rings (SSSR count). The van der Waals surface area contributed by atoms with Crippen molar-refractivity contribution >= 4 is 23.7 Å². The molecule has 12 heteroatoms. The van der Waals surface area contributed by atoms with E-state index in [4.69, 9.17) is 0 Å². The molecule has 1 aromatic heterocycles. The van der Waals surface area contributed by atoms with E-state index in [0.717, 1.165) is 11.8 Å². The number of alkyl halides is 3. The number of hydrogen-bond donors (Lipinski definition) is 2. The average Bonchev–Trinajstić information content (AvgIpc) is 2.72. The van der Waals surface area contributed by atoms with Crippen LogP contribution in [0, 0.1) is 0 Å². The normalized spacial score (nSPS) is 13.0. The van der Waals surface area contributed by atoms with Gasteiger partial charge in [0.1, 0.15) is 6.54 Å². The van der Waals surface area contributed by atoms with Gasteiger partial charge in [-0.2, -0.15) is 13.2 Å². The minimum atomic E-state index is -4.48. The maximum absolute atomic E-state index is 12.3. The second-order valence-corrected chi connectivity index (χ2v) is 5.92. The first kappa shape index (κ1) is 18.2. The molecule has 0 aliphatic rings. The molecule has 8 nitrogen and oxygen atoms in total. The first-order valence-corrected chi connectivity index (χ1v) is 7.07. The molecule has 0 saturated carbocycles. The molecule has 124 valence electrons. The summed E-state index contributed by atoms with van der Waals surface area (Å²) in [5, 5.41) is 13.3. The van der Waals surface area contributed by atoms with Crippen molar-refractivity contribution in [3.63, 3.8) is 0 Å². The number of hydrogen-bond acceptors (Lipinski definition) is 6. The van der Waals surface area contributed by atoms with Crippen LogP contribution in [0.5, 0.6) is 0 Å². The quantitative estimate of drug-likeness (QED) is 0.774. The van der Waals surface area contributed by atoms with Gasteiger partial charge in [0.05, 0.1) is 5.25 Å². The number of carbonyl (C=O) groups is 2. The number of urea groups is 1. The Balaban J connectivity index is 2.61. The molecule has 0 bridgehead atoms. The smallest absolute Gasteiger partial charge is 0.336 e. The highest BCUT2D eigenvalue weighted by atomic mass is 32.2. The summed E-state index contributed by atoms with van der Waals surface area (Å²) in [6.45, 7) is 3.50.